The van der Waals surface area contributed by atoms with Gasteiger partial charge in [0.2, 0.25) is 0 Å². The second-order valence-electron chi connectivity index (χ2n) is 9.66. The van der Waals surface area contributed by atoms with Crippen molar-refractivity contribution < 1.29 is 14.4 Å². The predicted octanol–water partition coefficient (Wildman–Crippen LogP) is 4.00. The summed E-state index contributed by atoms with van der Waals surface area (Å²) in [6, 6.07) is 19.9. The maximum absolute atomic E-state index is 13.1. The number of nitrogens with zero attached hydrogens (tertiary/aromatic N) is 2. The quantitative estimate of drug-likeness (QED) is 0.430. The molecule has 5 nitrogen and oxygen atoms in total. The van der Waals surface area contributed by atoms with E-state index in [4.69, 9.17) is 0 Å². The van der Waals surface area contributed by atoms with E-state index in [1.165, 1.54) is 0 Å². The monoisotopic (exact) mass is 442 g/mol. The van der Waals surface area contributed by atoms with Crippen LogP contribution in [0.2, 0.25) is 0 Å². The van der Waals surface area contributed by atoms with Gasteiger partial charge in [0.15, 0.2) is 6.54 Å². The Kier molecular flexibility index (Phi) is 6.00. The average molecular weight is 443 g/mol. The van der Waals surface area contributed by atoms with Crippen LogP contribution in [0.3, 0.4) is 0 Å². The van der Waals surface area contributed by atoms with Gasteiger partial charge in [0.05, 0.1) is 18.6 Å². The molecule has 1 aromatic heterocycles. The van der Waals surface area contributed by atoms with Gasteiger partial charge in [0.1, 0.15) is 12.1 Å². The molecule has 0 radical (unpaired) electrons. The minimum absolute atomic E-state index is 0.0202. The Balaban J connectivity index is 1.42. The molecule has 3 aromatic rings. The Morgan fingerprint density at radius 3 is 2.79 bits per heavy atom. The zero-order chi connectivity index (χ0) is 22.8. The van der Waals surface area contributed by atoms with Gasteiger partial charge < -0.3 is 14.9 Å². The molecule has 3 fully saturated rings. The summed E-state index contributed by atoms with van der Waals surface area (Å²) in [6.45, 7) is 6.76. The number of aliphatic hydroxyl groups excluding tert-OH is 1. The van der Waals surface area contributed by atoms with Crippen molar-refractivity contribution in [1.29, 1.82) is 0 Å². The largest absolute Gasteiger partial charge is 0.382 e. The molecule has 2 aromatic carbocycles. The van der Waals surface area contributed by atoms with Crippen LogP contribution in [-0.4, -0.2) is 46.2 Å². The SMILES string of the molecule is C=CC1C[N@+]2(CC(=O)NCc3ccccc3)CCC1CC2C(O)c1ccnc2ccccc12. The third-order valence-electron chi connectivity index (χ3n) is 7.83. The predicted molar refractivity (Wildman–Crippen MR) is 130 cm³/mol. The van der Waals surface area contributed by atoms with Gasteiger partial charge in [-0.05, 0) is 29.2 Å². The summed E-state index contributed by atoms with van der Waals surface area (Å²) in [5.74, 6) is 0.944. The van der Waals surface area contributed by atoms with E-state index in [-0.39, 0.29) is 11.9 Å². The van der Waals surface area contributed by atoms with E-state index in [0.29, 0.717) is 29.4 Å². The first-order chi connectivity index (χ1) is 16.1. The van der Waals surface area contributed by atoms with Crippen LogP contribution in [0.4, 0.5) is 0 Å². The van der Waals surface area contributed by atoms with Crippen molar-refractivity contribution >= 4 is 16.8 Å². The van der Waals surface area contributed by atoms with Gasteiger partial charge in [-0.3, -0.25) is 9.78 Å². The highest BCUT2D eigenvalue weighted by Crippen LogP contribution is 2.46. The van der Waals surface area contributed by atoms with Gasteiger partial charge in [0, 0.05) is 36.9 Å². The highest BCUT2D eigenvalue weighted by Gasteiger charge is 2.54. The summed E-state index contributed by atoms with van der Waals surface area (Å²) in [6.07, 6.45) is 5.17. The van der Waals surface area contributed by atoms with Crippen molar-refractivity contribution in [3.8, 4) is 0 Å². The van der Waals surface area contributed by atoms with E-state index < -0.39 is 6.10 Å². The molecule has 33 heavy (non-hydrogen) atoms. The lowest BCUT2D eigenvalue weighted by Crippen LogP contribution is -2.70. The molecule has 3 aliphatic heterocycles. The first kappa shape index (κ1) is 21.8. The lowest BCUT2D eigenvalue weighted by Gasteiger charge is -2.57. The Morgan fingerprint density at radius 2 is 1.97 bits per heavy atom. The first-order valence-corrected chi connectivity index (χ1v) is 11.9. The number of fused-ring (bicyclic) bond motifs is 4. The van der Waals surface area contributed by atoms with Gasteiger partial charge in [-0.25, -0.2) is 0 Å². The molecule has 6 rings (SSSR count). The van der Waals surface area contributed by atoms with Gasteiger partial charge in [-0.15, -0.1) is 6.58 Å². The summed E-state index contributed by atoms with van der Waals surface area (Å²) in [5.41, 5.74) is 2.89. The minimum Gasteiger partial charge on any atom is -0.382 e. The van der Waals surface area contributed by atoms with Crippen LogP contribution in [0.1, 0.15) is 30.1 Å². The Labute approximate surface area is 195 Å². The van der Waals surface area contributed by atoms with Crippen LogP contribution in [0.5, 0.6) is 0 Å². The zero-order valence-electron chi connectivity index (χ0n) is 18.9. The highest BCUT2D eigenvalue weighted by molar-refractivity contribution is 5.82. The van der Waals surface area contributed by atoms with E-state index >= 15 is 0 Å². The fourth-order valence-electron chi connectivity index (χ4n) is 6.10. The van der Waals surface area contributed by atoms with Crippen LogP contribution in [0, 0.1) is 11.8 Å². The van der Waals surface area contributed by atoms with Crippen LogP contribution in [0.15, 0.2) is 79.5 Å². The van der Waals surface area contributed by atoms with Crippen molar-refractivity contribution in [3.05, 3.63) is 90.6 Å². The second-order valence-corrected chi connectivity index (χ2v) is 9.66. The summed E-state index contributed by atoms with van der Waals surface area (Å²) in [7, 11) is 0. The van der Waals surface area contributed by atoms with Crippen molar-refractivity contribution in [2.45, 2.75) is 31.5 Å². The lowest BCUT2D eigenvalue weighted by atomic mass is 9.71. The summed E-state index contributed by atoms with van der Waals surface area (Å²) >= 11 is 0. The number of quaternary nitrogens is 1. The Bertz CT molecular complexity index is 1140. The summed E-state index contributed by atoms with van der Waals surface area (Å²) < 4.78 is 0.617. The normalized spacial score (nSPS) is 27.2. The number of rotatable bonds is 7. The molecular weight excluding hydrogens is 410 g/mol. The number of para-hydroxylation sites is 1. The van der Waals surface area contributed by atoms with Gasteiger partial charge in [-0.1, -0.05) is 54.6 Å². The topological polar surface area (TPSA) is 62.2 Å². The van der Waals surface area contributed by atoms with Crippen LogP contribution >= 0.6 is 0 Å². The Hall–Kier alpha value is -3.02. The number of amides is 1. The third kappa shape index (κ3) is 4.19. The number of carbonyl (C=O) groups excluding carboxylic acids is 1. The molecule has 4 unspecified atom stereocenters. The molecule has 3 saturated heterocycles. The van der Waals surface area contributed by atoms with Crippen molar-refractivity contribution in [1.82, 2.24) is 10.3 Å². The van der Waals surface area contributed by atoms with Crippen LogP contribution in [0.25, 0.3) is 10.9 Å². The number of piperidine rings is 3. The molecule has 3 aliphatic rings. The maximum Gasteiger partial charge on any atom is 0.275 e. The average Bonchev–Trinajstić information content (AvgIpc) is 2.87. The summed E-state index contributed by atoms with van der Waals surface area (Å²) in [5, 5.41) is 15.8. The first-order valence-electron chi connectivity index (χ1n) is 11.9. The molecule has 0 aliphatic carbocycles. The molecule has 1 amide bonds. The van der Waals surface area contributed by atoms with Crippen molar-refractivity contribution in [2.75, 3.05) is 19.6 Å². The minimum atomic E-state index is -0.645. The number of benzene rings is 2. The van der Waals surface area contributed by atoms with Crippen molar-refractivity contribution in [2.24, 2.45) is 11.8 Å². The van der Waals surface area contributed by atoms with Crippen LogP contribution < -0.4 is 5.32 Å². The van der Waals surface area contributed by atoms with E-state index in [2.05, 4.69) is 23.0 Å². The van der Waals surface area contributed by atoms with E-state index in [1.807, 2.05) is 60.7 Å². The smallest absolute Gasteiger partial charge is 0.275 e. The molecule has 0 spiro atoms. The molecule has 170 valence electrons. The number of aliphatic hydroxyl groups is 1. The zero-order valence-corrected chi connectivity index (χ0v) is 18.9. The van der Waals surface area contributed by atoms with E-state index in [1.54, 1.807) is 6.20 Å². The lowest BCUT2D eigenvalue weighted by molar-refractivity contribution is -0.966. The molecule has 2 N–H and O–H groups in total. The molecular formula is C28H32N3O2+. The third-order valence-corrected chi connectivity index (χ3v) is 7.83. The second kappa shape index (κ2) is 9.08. The molecule has 5 heteroatoms. The Morgan fingerprint density at radius 1 is 1.18 bits per heavy atom. The molecule has 2 bridgehead atoms. The van der Waals surface area contributed by atoms with Crippen molar-refractivity contribution in [3.63, 3.8) is 0 Å². The fourth-order valence-corrected chi connectivity index (χ4v) is 6.10. The number of hydrogen-bond donors (Lipinski definition) is 2. The van der Waals surface area contributed by atoms with Crippen LogP contribution in [-0.2, 0) is 11.3 Å². The standard InChI is InChI=1S/C28H31N3O2/c1-2-21-18-31(19-27(32)30-17-20-8-4-3-5-9-20)15-13-22(21)16-26(31)28(33)24-12-14-29-25-11-7-6-10-23(24)25/h2-12,14,21-22,26,28,33H,1,13,15-19H2/p+1/t21?,22?,26?,28?,31-/m0/s1. The number of pyridine rings is 1. The van der Waals surface area contributed by atoms with Gasteiger partial charge >= 0.3 is 0 Å². The van der Waals surface area contributed by atoms with Gasteiger partial charge in [-0.2, -0.15) is 0 Å². The fraction of sp³-hybridized carbons (Fsp3) is 0.357. The highest BCUT2D eigenvalue weighted by atomic mass is 16.3. The molecule has 0 saturated carbocycles. The number of nitrogens with one attached hydrogen (secondary N) is 1. The molecule has 4 heterocycles. The van der Waals surface area contributed by atoms with Gasteiger partial charge in [0.25, 0.3) is 5.91 Å². The number of aromatic nitrogens is 1. The number of hydrogen-bond acceptors (Lipinski definition) is 3. The summed E-state index contributed by atoms with van der Waals surface area (Å²) in [4.78, 5) is 17.6. The van der Waals surface area contributed by atoms with E-state index in [9.17, 15) is 9.90 Å². The van der Waals surface area contributed by atoms with E-state index in [0.717, 1.165) is 48.0 Å². The maximum atomic E-state index is 13.1. The molecule has 5 atom stereocenters. The number of carbonyl (C=O) groups is 1.